The van der Waals surface area contributed by atoms with E-state index < -0.39 is 0 Å². The topological polar surface area (TPSA) is 86.4 Å². The Morgan fingerprint density at radius 3 is 2.50 bits per heavy atom. The molecule has 0 fully saturated rings. The lowest BCUT2D eigenvalue weighted by molar-refractivity contribution is 0.101. The first-order valence-corrected chi connectivity index (χ1v) is 9.71. The monoisotopic (exact) mass is 415 g/mol. The number of Topliss-reactive ketones (excluding diaryl/α,β-unsaturated/α-hetero) is 1. The molecule has 0 unspecified atom stereocenters. The van der Waals surface area contributed by atoms with Crippen LogP contribution >= 0.6 is 11.3 Å². The van der Waals surface area contributed by atoms with Crippen LogP contribution < -0.4 is 9.47 Å². The van der Waals surface area contributed by atoms with Crippen LogP contribution in [0.2, 0.25) is 0 Å². The van der Waals surface area contributed by atoms with Crippen LogP contribution in [0, 0.1) is 22.7 Å². The molecule has 0 atom stereocenters. The van der Waals surface area contributed by atoms with E-state index in [1.807, 2.05) is 17.5 Å². The van der Waals surface area contributed by atoms with Crippen molar-refractivity contribution in [1.29, 1.82) is 10.5 Å². The van der Waals surface area contributed by atoms with Gasteiger partial charge in [0.25, 0.3) is 0 Å². The first kappa shape index (κ1) is 20.7. The summed E-state index contributed by atoms with van der Waals surface area (Å²) < 4.78 is 10.6. The standard InChI is InChI=1S/C23H17N3O3S/c1-28-20-9-8-16(13-21(20)29-2)12-19(23(27)22-7-5-11-30-22)26-10-4-3-6-18(26)17(14-24)15-25/h3-13H,1-2H3/b19-12+. The molecule has 0 saturated carbocycles. The minimum absolute atomic E-state index is 0.0900. The first-order chi connectivity index (χ1) is 14.6. The third-order valence-electron chi connectivity index (χ3n) is 4.29. The number of nitrogens with zero attached hydrogens (tertiary/aromatic N) is 3. The van der Waals surface area contributed by atoms with Gasteiger partial charge in [-0.3, -0.25) is 4.79 Å². The molecular weight excluding hydrogens is 398 g/mol. The Kier molecular flexibility index (Phi) is 6.49. The zero-order chi connectivity index (χ0) is 21.5. The number of rotatable bonds is 6. The second-order valence-corrected chi connectivity index (χ2v) is 6.95. The van der Waals surface area contributed by atoms with Gasteiger partial charge in [0, 0.05) is 6.20 Å². The molecule has 1 aromatic heterocycles. The Balaban J connectivity index is 2.18. The summed E-state index contributed by atoms with van der Waals surface area (Å²) in [5.74, 6) is 0.861. The molecule has 3 rings (SSSR count). The predicted molar refractivity (Wildman–Crippen MR) is 115 cm³/mol. The van der Waals surface area contributed by atoms with Crippen LogP contribution in [0.3, 0.4) is 0 Å². The Hall–Kier alpha value is -4.07. The van der Waals surface area contributed by atoms with Gasteiger partial charge in [0.05, 0.1) is 30.5 Å². The van der Waals surface area contributed by atoms with E-state index in [2.05, 4.69) is 0 Å². The minimum Gasteiger partial charge on any atom is -0.493 e. The maximum atomic E-state index is 13.3. The molecule has 1 aromatic carbocycles. The van der Waals surface area contributed by atoms with Crippen LogP contribution in [0.1, 0.15) is 15.2 Å². The molecule has 1 aliphatic heterocycles. The van der Waals surface area contributed by atoms with Crippen molar-refractivity contribution in [2.75, 3.05) is 14.2 Å². The van der Waals surface area contributed by atoms with E-state index in [4.69, 9.17) is 9.47 Å². The van der Waals surface area contributed by atoms with E-state index in [-0.39, 0.29) is 11.4 Å². The summed E-state index contributed by atoms with van der Waals surface area (Å²) in [5.41, 5.74) is 1.24. The fourth-order valence-corrected chi connectivity index (χ4v) is 3.55. The molecule has 30 heavy (non-hydrogen) atoms. The maximum Gasteiger partial charge on any atom is 0.219 e. The van der Waals surface area contributed by atoms with E-state index in [0.29, 0.717) is 33.3 Å². The Morgan fingerprint density at radius 2 is 1.87 bits per heavy atom. The second kappa shape index (κ2) is 9.42. The van der Waals surface area contributed by atoms with Gasteiger partial charge in [-0.15, -0.1) is 11.3 Å². The summed E-state index contributed by atoms with van der Waals surface area (Å²) in [6.07, 6.45) is 8.43. The number of benzene rings is 1. The van der Waals surface area contributed by atoms with Crippen molar-refractivity contribution in [3.63, 3.8) is 0 Å². The van der Waals surface area contributed by atoms with Crippen molar-refractivity contribution in [1.82, 2.24) is 4.90 Å². The van der Waals surface area contributed by atoms with Crippen LogP contribution in [-0.2, 0) is 0 Å². The van der Waals surface area contributed by atoms with Gasteiger partial charge < -0.3 is 14.4 Å². The van der Waals surface area contributed by atoms with E-state index in [9.17, 15) is 15.3 Å². The first-order valence-electron chi connectivity index (χ1n) is 8.83. The molecule has 0 N–H and O–H groups in total. The third kappa shape index (κ3) is 4.17. The molecule has 2 aromatic rings. The number of carbonyl (C=O) groups excluding carboxylic acids is 1. The summed E-state index contributed by atoms with van der Waals surface area (Å²) >= 11 is 1.32. The molecule has 0 bridgehead atoms. The van der Waals surface area contributed by atoms with Crippen molar-refractivity contribution in [2.24, 2.45) is 0 Å². The van der Waals surface area contributed by atoms with Crippen molar-refractivity contribution in [3.05, 3.63) is 87.5 Å². The van der Waals surface area contributed by atoms with Gasteiger partial charge in [-0.1, -0.05) is 18.2 Å². The number of hydrogen-bond acceptors (Lipinski definition) is 7. The van der Waals surface area contributed by atoms with Crippen molar-refractivity contribution in [2.45, 2.75) is 0 Å². The normalized spacial score (nSPS) is 12.9. The zero-order valence-electron chi connectivity index (χ0n) is 16.3. The summed E-state index contributed by atoms with van der Waals surface area (Å²) in [5, 5.41) is 20.6. The van der Waals surface area contributed by atoms with Gasteiger partial charge in [0.15, 0.2) is 17.1 Å². The van der Waals surface area contributed by atoms with E-state index in [1.165, 1.54) is 18.4 Å². The number of ether oxygens (including phenoxy) is 2. The number of hydrogen-bond donors (Lipinski definition) is 0. The second-order valence-electron chi connectivity index (χ2n) is 6.00. The fraction of sp³-hybridized carbons (Fsp3) is 0.0870. The molecular formula is C23H17N3O3S. The van der Waals surface area contributed by atoms with Crippen molar-refractivity contribution in [3.8, 4) is 23.6 Å². The molecule has 6 nitrogen and oxygen atoms in total. The molecule has 0 spiro atoms. The molecule has 0 aliphatic carbocycles. The highest BCUT2D eigenvalue weighted by molar-refractivity contribution is 7.12. The van der Waals surface area contributed by atoms with Crippen LogP contribution in [0.15, 0.2) is 77.1 Å². The van der Waals surface area contributed by atoms with Crippen LogP contribution in [0.5, 0.6) is 11.5 Å². The van der Waals surface area contributed by atoms with Crippen LogP contribution in [-0.4, -0.2) is 24.9 Å². The number of nitriles is 2. The number of methoxy groups -OCH3 is 2. The Labute approximate surface area is 178 Å². The molecule has 7 heteroatoms. The number of carbonyl (C=O) groups is 1. The summed E-state index contributed by atoms with van der Waals surface area (Å²) in [6, 6.07) is 12.6. The molecule has 2 heterocycles. The van der Waals surface area contributed by atoms with Gasteiger partial charge in [-0.05, 0) is 47.4 Å². The van der Waals surface area contributed by atoms with Crippen LogP contribution in [0.25, 0.3) is 6.08 Å². The van der Waals surface area contributed by atoms with Gasteiger partial charge in [-0.25, -0.2) is 0 Å². The largest absolute Gasteiger partial charge is 0.493 e. The maximum absolute atomic E-state index is 13.3. The highest BCUT2D eigenvalue weighted by Gasteiger charge is 2.24. The lowest BCUT2D eigenvalue weighted by Gasteiger charge is -2.25. The average molecular weight is 415 g/mol. The van der Waals surface area contributed by atoms with Crippen LogP contribution in [0.4, 0.5) is 0 Å². The lowest BCUT2D eigenvalue weighted by atomic mass is 10.1. The quantitative estimate of drug-likeness (QED) is 0.387. The highest BCUT2D eigenvalue weighted by atomic mass is 32.1. The number of allylic oxidation sites excluding steroid dienone is 5. The smallest absolute Gasteiger partial charge is 0.219 e. The average Bonchev–Trinajstić information content (AvgIpc) is 3.33. The lowest BCUT2D eigenvalue weighted by Crippen LogP contribution is -2.23. The fourth-order valence-electron chi connectivity index (χ4n) is 2.88. The van der Waals surface area contributed by atoms with Gasteiger partial charge in [0.1, 0.15) is 12.1 Å². The van der Waals surface area contributed by atoms with Gasteiger partial charge in [0.2, 0.25) is 5.78 Å². The zero-order valence-corrected chi connectivity index (χ0v) is 17.1. The minimum atomic E-state index is -0.229. The molecule has 0 amide bonds. The molecule has 1 aliphatic rings. The third-order valence-corrected chi connectivity index (χ3v) is 5.16. The van der Waals surface area contributed by atoms with Gasteiger partial charge in [-0.2, -0.15) is 10.5 Å². The van der Waals surface area contributed by atoms with Gasteiger partial charge >= 0.3 is 0 Å². The molecule has 148 valence electrons. The van der Waals surface area contributed by atoms with E-state index in [0.717, 1.165) is 0 Å². The highest BCUT2D eigenvalue weighted by Crippen LogP contribution is 2.31. The Morgan fingerprint density at radius 1 is 1.10 bits per heavy atom. The molecule has 0 radical (unpaired) electrons. The molecule has 0 saturated heterocycles. The summed E-state index contributed by atoms with van der Waals surface area (Å²) in [6.45, 7) is 0. The Bertz CT molecular complexity index is 1140. The van der Waals surface area contributed by atoms with E-state index in [1.54, 1.807) is 72.8 Å². The SMILES string of the molecule is COc1ccc(/C=C(\C(=O)c2cccs2)N2C=CC=CC2=C(C#N)C#N)cc1OC. The van der Waals surface area contributed by atoms with Crippen molar-refractivity contribution < 1.29 is 14.3 Å². The summed E-state index contributed by atoms with van der Waals surface area (Å²) in [4.78, 5) is 15.4. The number of ketones is 1. The van der Waals surface area contributed by atoms with Crippen molar-refractivity contribution >= 4 is 23.2 Å². The van der Waals surface area contributed by atoms with E-state index >= 15 is 0 Å². The predicted octanol–water partition coefficient (Wildman–Crippen LogP) is 4.68. The number of thiophene rings is 1. The summed E-state index contributed by atoms with van der Waals surface area (Å²) in [7, 11) is 3.08.